The predicted molar refractivity (Wildman–Crippen MR) is 88.9 cm³/mol. The van der Waals surface area contributed by atoms with Crippen molar-refractivity contribution in [2.75, 3.05) is 5.32 Å². The predicted octanol–water partition coefficient (Wildman–Crippen LogP) is 4.34. The summed E-state index contributed by atoms with van der Waals surface area (Å²) in [6, 6.07) is 7.50. The standard InChI is InChI=1S/C18H14F6N2O2/c1-9-8-10(17(21,16(19)20)18(22,23)24)6-7-13(9)26-15(28)12-5-3-2-4-11(12)14(25)27/h2-8,16H,1H3,(H2,25,27)(H,26,28). The molecule has 0 saturated carbocycles. The van der Waals surface area contributed by atoms with E-state index < -0.39 is 35.6 Å². The van der Waals surface area contributed by atoms with Crippen molar-refractivity contribution in [3.8, 4) is 0 Å². The zero-order valence-corrected chi connectivity index (χ0v) is 14.3. The monoisotopic (exact) mass is 404 g/mol. The van der Waals surface area contributed by atoms with Gasteiger partial charge >= 0.3 is 6.18 Å². The lowest BCUT2D eigenvalue weighted by molar-refractivity contribution is -0.274. The Labute approximate surface area is 155 Å². The molecule has 2 amide bonds. The SMILES string of the molecule is Cc1cc(C(F)(C(F)F)C(F)(F)F)ccc1NC(=O)c1ccccc1C(N)=O. The number of nitrogens with one attached hydrogen (secondary N) is 1. The summed E-state index contributed by atoms with van der Waals surface area (Å²) in [6.07, 6.45) is -10.2. The summed E-state index contributed by atoms with van der Waals surface area (Å²) in [7, 11) is 0. The second-order valence-electron chi connectivity index (χ2n) is 5.90. The molecule has 0 bridgehead atoms. The van der Waals surface area contributed by atoms with Gasteiger partial charge in [-0.2, -0.15) is 13.2 Å². The molecule has 1 atom stereocenters. The molecular weight excluding hydrogens is 390 g/mol. The fourth-order valence-electron chi connectivity index (χ4n) is 2.53. The highest BCUT2D eigenvalue weighted by Gasteiger charge is 2.64. The minimum Gasteiger partial charge on any atom is -0.366 e. The Morgan fingerprint density at radius 2 is 1.57 bits per heavy atom. The van der Waals surface area contributed by atoms with Gasteiger partial charge in [0.15, 0.2) is 0 Å². The average molecular weight is 404 g/mol. The first-order valence-electron chi connectivity index (χ1n) is 7.74. The first kappa shape index (κ1) is 21.3. The van der Waals surface area contributed by atoms with Crippen LogP contribution in [0.15, 0.2) is 42.5 Å². The minimum atomic E-state index is -5.83. The second-order valence-corrected chi connectivity index (χ2v) is 5.90. The van der Waals surface area contributed by atoms with Gasteiger partial charge in [-0.25, -0.2) is 13.2 Å². The van der Waals surface area contributed by atoms with Crippen LogP contribution in [-0.2, 0) is 5.67 Å². The molecule has 10 heteroatoms. The summed E-state index contributed by atoms with van der Waals surface area (Å²) in [5.41, 5.74) is -1.29. The molecule has 2 aromatic rings. The maximum absolute atomic E-state index is 14.1. The molecule has 2 aromatic carbocycles. The largest absolute Gasteiger partial charge is 0.432 e. The highest BCUT2D eigenvalue weighted by Crippen LogP contribution is 2.47. The molecule has 2 rings (SSSR count). The molecule has 150 valence electrons. The number of aryl methyl sites for hydroxylation is 1. The van der Waals surface area contributed by atoms with Crippen LogP contribution in [-0.4, -0.2) is 24.4 Å². The maximum atomic E-state index is 14.1. The number of carbonyl (C=O) groups is 2. The lowest BCUT2D eigenvalue weighted by atomic mass is 9.93. The van der Waals surface area contributed by atoms with E-state index in [1.54, 1.807) is 0 Å². The Kier molecular flexibility index (Phi) is 5.72. The maximum Gasteiger partial charge on any atom is 0.432 e. The van der Waals surface area contributed by atoms with Gasteiger partial charge in [-0.05, 0) is 30.7 Å². The number of carbonyl (C=O) groups excluding carboxylic acids is 2. The van der Waals surface area contributed by atoms with Crippen molar-refractivity contribution in [3.05, 3.63) is 64.7 Å². The zero-order chi connectivity index (χ0) is 21.3. The van der Waals surface area contributed by atoms with E-state index >= 15 is 0 Å². The van der Waals surface area contributed by atoms with E-state index in [4.69, 9.17) is 5.73 Å². The molecular formula is C18H14F6N2O2. The molecule has 0 saturated heterocycles. The van der Waals surface area contributed by atoms with Gasteiger partial charge in [0, 0.05) is 11.3 Å². The van der Waals surface area contributed by atoms with E-state index in [1.807, 2.05) is 0 Å². The Balaban J connectivity index is 2.38. The third-order valence-corrected chi connectivity index (χ3v) is 4.05. The summed E-state index contributed by atoms with van der Waals surface area (Å²) in [6.45, 7) is 1.21. The fraction of sp³-hybridized carbons (Fsp3) is 0.222. The van der Waals surface area contributed by atoms with Crippen LogP contribution >= 0.6 is 0 Å². The molecule has 0 spiro atoms. The lowest BCUT2D eigenvalue weighted by Gasteiger charge is -2.28. The van der Waals surface area contributed by atoms with E-state index in [1.165, 1.54) is 31.2 Å². The lowest BCUT2D eigenvalue weighted by Crippen LogP contribution is -2.44. The summed E-state index contributed by atoms with van der Waals surface area (Å²) < 4.78 is 78.4. The van der Waals surface area contributed by atoms with Crippen LogP contribution in [0.4, 0.5) is 32.0 Å². The van der Waals surface area contributed by atoms with Crippen molar-refractivity contribution < 1.29 is 35.9 Å². The molecule has 4 nitrogen and oxygen atoms in total. The number of halogens is 6. The number of amides is 2. The smallest absolute Gasteiger partial charge is 0.366 e. The zero-order valence-electron chi connectivity index (χ0n) is 14.3. The third-order valence-electron chi connectivity index (χ3n) is 4.05. The number of rotatable bonds is 5. The van der Waals surface area contributed by atoms with E-state index in [9.17, 15) is 35.9 Å². The van der Waals surface area contributed by atoms with Gasteiger partial charge in [0.25, 0.3) is 18.0 Å². The molecule has 0 aromatic heterocycles. The quantitative estimate of drug-likeness (QED) is 0.728. The van der Waals surface area contributed by atoms with Gasteiger partial charge in [-0.3, -0.25) is 9.59 Å². The van der Waals surface area contributed by atoms with Crippen molar-refractivity contribution in [1.29, 1.82) is 0 Å². The Bertz CT molecular complexity index is 913. The Hall–Kier alpha value is -3.04. The number of primary amides is 1. The molecule has 0 aliphatic carbocycles. The van der Waals surface area contributed by atoms with Gasteiger partial charge in [0.2, 0.25) is 5.91 Å². The molecule has 0 heterocycles. The van der Waals surface area contributed by atoms with Crippen molar-refractivity contribution in [2.24, 2.45) is 5.73 Å². The normalized spacial score (nSPS) is 13.9. The number of alkyl halides is 6. The minimum absolute atomic E-state index is 0.0492. The summed E-state index contributed by atoms with van der Waals surface area (Å²) in [5, 5.41) is 2.33. The number of anilines is 1. The summed E-state index contributed by atoms with van der Waals surface area (Å²) >= 11 is 0. The second kappa shape index (κ2) is 7.53. The van der Waals surface area contributed by atoms with Crippen LogP contribution in [0.1, 0.15) is 31.8 Å². The number of nitrogens with two attached hydrogens (primary N) is 1. The molecule has 28 heavy (non-hydrogen) atoms. The summed E-state index contributed by atoms with van der Waals surface area (Å²) in [5.74, 6) is -1.68. The first-order valence-corrected chi connectivity index (χ1v) is 7.74. The topological polar surface area (TPSA) is 72.2 Å². The van der Waals surface area contributed by atoms with Crippen LogP contribution in [0.5, 0.6) is 0 Å². The molecule has 0 aliphatic rings. The molecule has 1 unspecified atom stereocenters. The molecule has 0 radical (unpaired) electrons. The van der Waals surface area contributed by atoms with Crippen LogP contribution < -0.4 is 11.1 Å². The molecule has 0 aliphatic heterocycles. The van der Waals surface area contributed by atoms with Gasteiger partial charge < -0.3 is 11.1 Å². The van der Waals surface area contributed by atoms with Crippen LogP contribution in [0, 0.1) is 6.92 Å². The first-order chi connectivity index (χ1) is 12.9. The van der Waals surface area contributed by atoms with E-state index in [0.717, 1.165) is 6.07 Å². The highest BCUT2D eigenvalue weighted by molar-refractivity contribution is 6.12. The van der Waals surface area contributed by atoms with Gasteiger partial charge in [-0.1, -0.05) is 24.3 Å². The number of hydrogen-bond donors (Lipinski definition) is 2. The van der Waals surface area contributed by atoms with Crippen LogP contribution in [0.25, 0.3) is 0 Å². The molecule has 3 N–H and O–H groups in total. The fourth-order valence-corrected chi connectivity index (χ4v) is 2.53. The highest BCUT2D eigenvalue weighted by atomic mass is 19.4. The van der Waals surface area contributed by atoms with Gasteiger partial charge in [-0.15, -0.1) is 0 Å². The van der Waals surface area contributed by atoms with E-state index in [2.05, 4.69) is 5.32 Å². The van der Waals surface area contributed by atoms with Crippen LogP contribution in [0.3, 0.4) is 0 Å². The van der Waals surface area contributed by atoms with Gasteiger partial charge in [0.1, 0.15) is 0 Å². The van der Waals surface area contributed by atoms with Crippen molar-refractivity contribution in [2.45, 2.75) is 25.2 Å². The van der Waals surface area contributed by atoms with Crippen molar-refractivity contribution in [3.63, 3.8) is 0 Å². The third kappa shape index (κ3) is 3.80. The Morgan fingerprint density at radius 3 is 2.04 bits per heavy atom. The van der Waals surface area contributed by atoms with Crippen LogP contribution in [0.2, 0.25) is 0 Å². The van der Waals surface area contributed by atoms with Crippen molar-refractivity contribution in [1.82, 2.24) is 0 Å². The summed E-state index contributed by atoms with van der Waals surface area (Å²) in [4.78, 5) is 23.7. The van der Waals surface area contributed by atoms with Gasteiger partial charge in [0.05, 0.1) is 11.1 Å². The van der Waals surface area contributed by atoms with E-state index in [-0.39, 0.29) is 22.4 Å². The Morgan fingerprint density at radius 1 is 1.00 bits per heavy atom. The molecule has 0 fully saturated rings. The van der Waals surface area contributed by atoms with E-state index in [0.29, 0.717) is 12.1 Å². The number of benzene rings is 2. The number of hydrogen-bond acceptors (Lipinski definition) is 2. The van der Waals surface area contributed by atoms with Crippen molar-refractivity contribution >= 4 is 17.5 Å². The average Bonchev–Trinajstić information content (AvgIpc) is 2.61.